The first-order valence-electron chi connectivity index (χ1n) is 3.53. The molecule has 11 heavy (non-hydrogen) atoms. The van der Waals surface area contributed by atoms with E-state index >= 15 is 0 Å². The Hall–Kier alpha value is 0.510. The molecule has 0 atom stereocenters. The predicted molar refractivity (Wildman–Crippen MR) is 45.9 cm³/mol. The van der Waals surface area contributed by atoms with Gasteiger partial charge < -0.3 is 10.1 Å². The van der Waals surface area contributed by atoms with Gasteiger partial charge in [-0.3, -0.25) is 0 Å². The summed E-state index contributed by atoms with van der Waals surface area (Å²) < 4.78 is 26.0. The Morgan fingerprint density at radius 1 is 1.36 bits per heavy atom. The molecule has 0 amide bonds. The third-order valence-electron chi connectivity index (χ3n) is 1.59. The van der Waals surface area contributed by atoms with Crippen LogP contribution in [0.3, 0.4) is 0 Å². The Morgan fingerprint density at radius 3 is 2.36 bits per heavy atom. The lowest BCUT2D eigenvalue weighted by Crippen LogP contribution is -2.35. The molecule has 0 unspecified atom stereocenters. The normalized spacial score (nSPS) is 22.1. The van der Waals surface area contributed by atoms with Crippen LogP contribution in [0.5, 0.6) is 0 Å². The van der Waals surface area contributed by atoms with Crippen LogP contribution in [-0.4, -0.2) is 23.3 Å². The molecule has 0 aromatic rings. The highest BCUT2D eigenvalue weighted by Crippen LogP contribution is 2.27. The molecule has 1 saturated heterocycles. The monoisotopic (exact) mass is 277 g/mol. The molecule has 1 fully saturated rings. The van der Waals surface area contributed by atoms with Crippen molar-refractivity contribution < 1.29 is 13.5 Å². The summed E-state index contributed by atoms with van der Waals surface area (Å²) in [5.41, 5.74) is 0. The van der Waals surface area contributed by atoms with Crippen molar-refractivity contribution in [1.82, 2.24) is 5.32 Å². The molecule has 0 aromatic heterocycles. The number of hydrogen-bond donors (Lipinski definition) is 1. The van der Waals surface area contributed by atoms with Gasteiger partial charge in [-0.05, 0) is 25.9 Å². The van der Waals surface area contributed by atoms with Crippen LogP contribution in [0.2, 0.25) is 0 Å². The third kappa shape index (κ3) is 4.17. The molecule has 1 N–H and O–H groups in total. The van der Waals surface area contributed by atoms with E-state index in [-0.39, 0.29) is 6.10 Å². The van der Waals surface area contributed by atoms with Crippen LogP contribution in [0.4, 0.5) is 8.78 Å². The van der Waals surface area contributed by atoms with Gasteiger partial charge in [0.15, 0.2) is 0 Å². The van der Waals surface area contributed by atoms with Crippen LogP contribution in [0, 0.1) is 0 Å². The van der Waals surface area contributed by atoms with Crippen molar-refractivity contribution in [3.8, 4) is 0 Å². The Kier molecular flexibility index (Phi) is 3.45. The molecular formula is C6H10F2INO. The average Bonchev–Trinajstić information content (AvgIpc) is 1.85. The van der Waals surface area contributed by atoms with Gasteiger partial charge in [-0.1, -0.05) is 0 Å². The fraction of sp³-hybridized carbons (Fsp3) is 1.00. The van der Waals surface area contributed by atoms with E-state index in [1.807, 2.05) is 0 Å². The quantitative estimate of drug-likeness (QED) is 0.613. The van der Waals surface area contributed by atoms with Gasteiger partial charge >= 0.3 is 4.12 Å². The van der Waals surface area contributed by atoms with E-state index in [1.54, 1.807) is 0 Å². The summed E-state index contributed by atoms with van der Waals surface area (Å²) in [4.78, 5) is 0. The molecule has 2 nitrogen and oxygen atoms in total. The van der Waals surface area contributed by atoms with Crippen LogP contribution >= 0.6 is 22.6 Å². The van der Waals surface area contributed by atoms with Crippen molar-refractivity contribution in [3.63, 3.8) is 0 Å². The summed E-state index contributed by atoms with van der Waals surface area (Å²) in [6.07, 6.45) is 1.08. The maximum Gasteiger partial charge on any atom is 0.408 e. The van der Waals surface area contributed by atoms with E-state index in [0.29, 0.717) is 12.8 Å². The topological polar surface area (TPSA) is 21.3 Å². The molecule has 0 aromatic carbocycles. The van der Waals surface area contributed by atoms with E-state index in [0.717, 1.165) is 35.7 Å². The summed E-state index contributed by atoms with van der Waals surface area (Å²) in [5, 5.41) is 3.07. The molecule has 0 spiro atoms. The molecule has 0 bridgehead atoms. The van der Waals surface area contributed by atoms with Gasteiger partial charge in [0.2, 0.25) is 0 Å². The van der Waals surface area contributed by atoms with Crippen molar-refractivity contribution in [2.24, 2.45) is 0 Å². The number of nitrogens with one attached hydrogen (secondary N) is 1. The minimum absolute atomic E-state index is 0.275. The smallest absolute Gasteiger partial charge is 0.317 e. The van der Waals surface area contributed by atoms with Crippen LogP contribution in [-0.2, 0) is 4.74 Å². The van der Waals surface area contributed by atoms with Gasteiger partial charge in [0, 0.05) is 22.6 Å². The van der Waals surface area contributed by atoms with Crippen LogP contribution in [0.15, 0.2) is 0 Å². The zero-order valence-corrected chi connectivity index (χ0v) is 8.11. The maximum absolute atomic E-state index is 12.3. The molecule has 1 aliphatic heterocycles. The van der Waals surface area contributed by atoms with E-state index in [4.69, 9.17) is 0 Å². The number of alkyl halides is 3. The zero-order chi connectivity index (χ0) is 8.32. The number of rotatable bonds is 2. The van der Waals surface area contributed by atoms with E-state index in [1.165, 1.54) is 0 Å². The average molecular weight is 277 g/mol. The highest BCUT2D eigenvalue weighted by molar-refractivity contribution is 14.1. The summed E-state index contributed by atoms with van der Waals surface area (Å²) >= 11 is 1.00. The number of ether oxygens (including phenoxy) is 1. The first-order valence-corrected chi connectivity index (χ1v) is 4.61. The molecule has 0 aliphatic carbocycles. The lowest BCUT2D eigenvalue weighted by atomic mass is 10.1. The summed E-state index contributed by atoms with van der Waals surface area (Å²) in [7, 11) is 0. The van der Waals surface area contributed by atoms with Crippen molar-refractivity contribution in [1.29, 1.82) is 0 Å². The summed E-state index contributed by atoms with van der Waals surface area (Å²) in [6, 6.07) is 0. The Labute approximate surface area is 77.8 Å². The zero-order valence-electron chi connectivity index (χ0n) is 5.95. The second-order valence-corrected chi connectivity index (χ2v) is 3.77. The molecule has 5 heteroatoms. The molecule has 1 rings (SSSR count). The largest absolute Gasteiger partial charge is 0.408 e. The third-order valence-corrected chi connectivity index (χ3v) is 1.84. The lowest BCUT2D eigenvalue weighted by Gasteiger charge is -2.24. The standard InChI is InChI=1S/C6H10F2INO/c7-6(8,9)11-5-1-3-10-4-2-5/h5,10H,1-4H2. The van der Waals surface area contributed by atoms with Gasteiger partial charge in [-0.15, -0.1) is 0 Å². The predicted octanol–water partition coefficient (Wildman–Crippen LogP) is 1.74. The first kappa shape index (κ1) is 9.60. The van der Waals surface area contributed by atoms with Crippen molar-refractivity contribution in [2.75, 3.05) is 13.1 Å². The van der Waals surface area contributed by atoms with E-state index in [9.17, 15) is 8.78 Å². The van der Waals surface area contributed by atoms with Crippen molar-refractivity contribution in [2.45, 2.75) is 23.1 Å². The Balaban J connectivity index is 2.24. The van der Waals surface area contributed by atoms with Gasteiger partial charge in [0.1, 0.15) is 0 Å². The first-order chi connectivity index (χ1) is 5.08. The molecular weight excluding hydrogens is 267 g/mol. The second-order valence-electron chi connectivity index (χ2n) is 2.51. The molecule has 1 heterocycles. The fourth-order valence-electron chi connectivity index (χ4n) is 1.10. The summed E-state index contributed by atoms with van der Waals surface area (Å²) in [5.74, 6) is 0. The highest BCUT2D eigenvalue weighted by Gasteiger charge is 2.29. The fourth-order valence-corrected chi connectivity index (χ4v) is 1.46. The molecule has 0 saturated carbocycles. The number of hydrogen-bond acceptors (Lipinski definition) is 2. The second kappa shape index (κ2) is 3.95. The van der Waals surface area contributed by atoms with Gasteiger partial charge in [-0.2, -0.15) is 8.78 Å². The molecule has 1 aliphatic rings. The minimum atomic E-state index is -3.00. The lowest BCUT2D eigenvalue weighted by molar-refractivity contribution is -0.182. The van der Waals surface area contributed by atoms with E-state index in [2.05, 4.69) is 10.1 Å². The van der Waals surface area contributed by atoms with Crippen molar-refractivity contribution in [3.05, 3.63) is 0 Å². The van der Waals surface area contributed by atoms with Gasteiger partial charge in [-0.25, -0.2) is 0 Å². The van der Waals surface area contributed by atoms with Gasteiger partial charge in [0.05, 0.1) is 6.10 Å². The Morgan fingerprint density at radius 2 is 1.91 bits per heavy atom. The molecule has 0 radical (unpaired) electrons. The Bertz CT molecular complexity index is 122. The SMILES string of the molecule is FC(F)(I)OC1CCNCC1. The number of piperidine rings is 1. The molecule has 66 valence electrons. The minimum Gasteiger partial charge on any atom is -0.317 e. The van der Waals surface area contributed by atoms with Crippen LogP contribution < -0.4 is 5.32 Å². The van der Waals surface area contributed by atoms with Crippen LogP contribution in [0.25, 0.3) is 0 Å². The van der Waals surface area contributed by atoms with Gasteiger partial charge in [0.25, 0.3) is 0 Å². The van der Waals surface area contributed by atoms with E-state index < -0.39 is 4.12 Å². The maximum atomic E-state index is 12.3. The summed E-state index contributed by atoms with van der Waals surface area (Å²) in [6.45, 7) is 1.55. The number of halogens is 3. The van der Waals surface area contributed by atoms with Crippen molar-refractivity contribution >= 4 is 22.6 Å². The highest BCUT2D eigenvalue weighted by atomic mass is 127. The van der Waals surface area contributed by atoms with Crippen LogP contribution in [0.1, 0.15) is 12.8 Å².